The van der Waals surface area contributed by atoms with Gasteiger partial charge in [0.2, 0.25) is 5.91 Å². The first-order chi connectivity index (χ1) is 11.1. The summed E-state index contributed by atoms with van der Waals surface area (Å²) in [6.07, 6.45) is 9.59. The fourth-order valence-electron chi connectivity index (χ4n) is 3.45. The first-order valence-electron chi connectivity index (χ1n) is 8.36. The molecule has 1 amide bonds. The molecule has 128 valence electrons. The zero-order chi connectivity index (χ0) is 16.3. The fourth-order valence-corrected chi connectivity index (χ4v) is 4.81. The number of sulfonamides is 1. The molecule has 8 heteroatoms. The molecule has 23 heavy (non-hydrogen) atoms. The van der Waals surface area contributed by atoms with Crippen LogP contribution >= 0.6 is 0 Å². The van der Waals surface area contributed by atoms with E-state index in [4.69, 9.17) is 0 Å². The van der Waals surface area contributed by atoms with Crippen LogP contribution in [0.4, 0.5) is 0 Å². The van der Waals surface area contributed by atoms with Gasteiger partial charge in [0.1, 0.15) is 0 Å². The number of carbonyl (C=O) groups is 1. The third-order valence-corrected chi connectivity index (χ3v) is 6.69. The van der Waals surface area contributed by atoms with E-state index in [1.54, 1.807) is 0 Å². The lowest BCUT2D eigenvalue weighted by atomic mass is 9.93. The van der Waals surface area contributed by atoms with Crippen LogP contribution < -0.4 is 5.32 Å². The van der Waals surface area contributed by atoms with Crippen molar-refractivity contribution >= 4 is 15.9 Å². The Kier molecular flexibility index (Phi) is 5.01. The van der Waals surface area contributed by atoms with E-state index in [0.717, 1.165) is 12.8 Å². The second-order valence-electron chi connectivity index (χ2n) is 6.44. The molecular formula is C15H24N4O3S. The number of amides is 1. The maximum Gasteiger partial charge on any atom is 0.260 e. The number of aromatic nitrogens is 2. The lowest BCUT2D eigenvalue weighted by Crippen LogP contribution is -2.45. The molecule has 0 unspecified atom stereocenters. The minimum atomic E-state index is -3.51. The van der Waals surface area contributed by atoms with Gasteiger partial charge in [0.15, 0.2) is 5.03 Å². The van der Waals surface area contributed by atoms with Crippen molar-refractivity contribution in [3.63, 3.8) is 0 Å². The van der Waals surface area contributed by atoms with Crippen LogP contribution in [0.25, 0.3) is 0 Å². The Morgan fingerprint density at radius 1 is 1.17 bits per heavy atom. The van der Waals surface area contributed by atoms with Gasteiger partial charge in [-0.25, -0.2) is 13.4 Å². The van der Waals surface area contributed by atoms with Crippen molar-refractivity contribution in [1.29, 1.82) is 0 Å². The molecule has 0 spiro atoms. The smallest absolute Gasteiger partial charge is 0.260 e. The van der Waals surface area contributed by atoms with Crippen LogP contribution in [0.15, 0.2) is 17.6 Å². The number of imidazole rings is 1. The molecule has 3 rings (SSSR count). The number of hydrogen-bond donors (Lipinski definition) is 2. The molecule has 1 aliphatic carbocycles. The predicted octanol–water partition coefficient (Wildman–Crippen LogP) is 1.26. The third-order valence-electron chi connectivity index (χ3n) is 4.87. The zero-order valence-electron chi connectivity index (χ0n) is 13.2. The molecule has 0 atom stereocenters. The lowest BCUT2D eigenvalue weighted by molar-refractivity contribution is -0.127. The monoisotopic (exact) mass is 340 g/mol. The Hall–Kier alpha value is -1.41. The largest absolute Gasteiger partial charge is 0.353 e. The molecule has 2 fully saturated rings. The van der Waals surface area contributed by atoms with Gasteiger partial charge in [-0.1, -0.05) is 19.3 Å². The Bertz CT molecular complexity index is 615. The van der Waals surface area contributed by atoms with E-state index in [1.165, 1.54) is 36.1 Å². The van der Waals surface area contributed by atoms with Crippen LogP contribution in [0.5, 0.6) is 0 Å². The standard InChI is InChI=1S/C15H24N4O3S/c20-15(18-13-4-2-1-3-5-13)12-6-8-19(9-7-12)23(21,22)14-10-16-11-17-14/h10-13H,1-9H2,(H,16,17)(H,18,20). The molecule has 2 aliphatic rings. The maximum atomic E-state index is 12.4. The number of carbonyl (C=O) groups excluding carboxylic acids is 1. The second-order valence-corrected chi connectivity index (χ2v) is 8.34. The normalized spacial score (nSPS) is 22.1. The van der Waals surface area contributed by atoms with Crippen LogP contribution in [0, 0.1) is 5.92 Å². The number of nitrogens with one attached hydrogen (secondary N) is 2. The SMILES string of the molecule is O=C(NC1CCCCC1)C1CCN(S(=O)(=O)c2cnc[nH]2)CC1. The number of aromatic amines is 1. The molecular weight excluding hydrogens is 316 g/mol. The summed E-state index contributed by atoms with van der Waals surface area (Å²) in [6, 6.07) is 0.308. The Morgan fingerprint density at radius 3 is 2.48 bits per heavy atom. The van der Waals surface area contributed by atoms with Gasteiger partial charge >= 0.3 is 0 Å². The first-order valence-corrected chi connectivity index (χ1v) is 9.80. The average Bonchev–Trinajstić information content (AvgIpc) is 3.11. The van der Waals surface area contributed by atoms with E-state index in [-0.39, 0.29) is 16.9 Å². The highest BCUT2D eigenvalue weighted by Crippen LogP contribution is 2.24. The summed E-state index contributed by atoms with van der Waals surface area (Å²) in [5.74, 6) is 0.0145. The summed E-state index contributed by atoms with van der Waals surface area (Å²) in [7, 11) is -3.51. The third kappa shape index (κ3) is 3.74. The van der Waals surface area contributed by atoms with Gasteiger partial charge in [0.05, 0.1) is 12.5 Å². The first kappa shape index (κ1) is 16.4. The molecule has 1 saturated carbocycles. The summed E-state index contributed by atoms with van der Waals surface area (Å²) in [5, 5.41) is 3.26. The van der Waals surface area contributed by atoms with Gasteiger partial charge in [-0.3, -0.25) is 4.79 Å². The number of nitrogens with zero attached hydrogens (tertiary/aromatic N) is 2. The van der Waals surface area contributed by atoms with Gasteiger partial charge in [0.25, 0.3) is 10.0 Å². The molecule has 1 aromatic heterocycles. The van der Waals surface area contributed by atoms with E-state index in [1.807, 2.05) is 0 Å². The van der Waals surface area contributed by atoms with Crippen molar-refractivity contribution in [1.82, 2.24) is 19.6 Å². The van der Waals surface area contributed by atoms with E-state index >= 15 is 0 Å². The Morgan fingerprint density at radius 2 is 1.87 bits per heavy atom. The molecule has 0 radical (unpaired) electrons. The molecule has 1 aliphatic heterocycles. The van der Waals surface area contributed by atoms with E-state index in [2.05, 4.69) is 15.3 Å². The zero-order valence-corrected chi connectivity index (χ0v) is 14.0. The highest BCUT2D eigenvalue weighted by molar-refractivity contribution is 7.89. The summed E-state index contributed by atoms with van der Waals surface area (Å²) in [4.78, 5) is 18.8. The quantitative estimate of drug-likeness (QED) is 0.862. The van der Waals surface area contributed by atoms with Crippen molar-refractivity contribution in [2.24, 2.45) is 5.92 Å². The summed E-state index contributed by atoms with van der Waals surface area (Å²) in [6.45, 7) is 0.758. The van der Waals surface area contributed by atoms with Gasteiger partial charge < -0.3 is 10.3 Å². The number of hydrogen-bond acceptors (Lipinski definition) is 4. The summed E-state index contributed by atoms with van der Waals surface area (Å²) in [5.41, 5.74) is 0. The summed E-state index contributed by atoms with van der Waals surface area (Å²) < 4.78 is 26.2. The van der Waals surface area contributed by atoms with Gasteiger partial charge in [-0.15, -0.1) is 0 Å². The van der Waals surface area contributed by atoms with Gasteiger partial charge in [-0.05, 0) is 25.7 Å². The molecule has 0 aromatic carbocycles. The fraction of sp³-hybridized carbons (Fsp3) is 0.733. The van der Waals surface area contributed by atoms with Crippen LogP contribution in [-0.2, 0) is 14.8 Å². The second kappa shape index (κ2) is 7.00. The molecule has 2 heterocycles. The van der Waals surface area contributed by atoms with E-state index in [0.29, 0.717) is 32.0 Å². The molecule has 2 N–H and O–H groups in total. The highest BCUT2D eigenvalue weighted by Gasteiger charge is 2.33. The van der Waals surface area contributed by atoms with Crippen LogP contribution in [0.1, 0.15) is 44.9 Å². The van der Waals surface area contributed by atoms with Crippen LogP contribution in [0.2, 0.25) is 0 Å². The minimum Gasteiger partial charge on any atom is -0.353 e. The molecule has 1 aromatic rings. The van der Waals surface area contributed by atoms with Crippen molar-refractivity contribution < 1.29 is 13.2 Å². The predicted molar refractivity (Wildman–Crippen MR) is 85.1 cm³/mol. The number of H-pyrrole nitrogens is 1. The maximum absolute atomic E-state index is 12.4. The van der Waals surface area contributed by atoms with Crippen molar-refractivity contribution in [2.45, 2.75) is 56.0 Å². The van der Waals surface area contributed by atoms with Gasteiger partial charge in [-0.2, -0.15) is 4.31 Å². The van der Waals surface area contributed by atoms with Crippen LogP contribution in [-0.4, -0.2) is 47.7 Å². The molecule has 7 nitrogen and oxygen atoms in total. The highest BCUT2D eigenvalue weighted by atomic mass is 32.2. The summed E-state index contributed by atoms with van der Waals surface area (Å²) >= 11 is 0. The number of piperidine rings is 1. The molecule has 0 bridgehead atoms. The topological polar surface area (TPSA) is 95.2 Å². The number of rotatable bonds is 4. The Labute approximate surface area is 136 Å². The minimum absolute atomic E-state index is 0.0786. The van der Waals surface area contributed by atoms with Crippen molar-refractivity contribution in [3.05, 3.63) is 12.5 Å². The lowest BCUT2D eigenvalue weighted by Gasteiger charge is -2.31. The molecule has 1 saturated heterocycles. The van der Waals surface area contributed by atoms with Crippen LogP contribution in [0.3, 0.4) is 0 Å². The average molecular weight is 340 g/mol. The van der Waals surface area contributed by atoms with Crippen molar-refractivity contribution in [3.8, 4) is 0 Å². The van der Waals surface area contributed by atoms with Crippen molar-refractivity contribution in [2.75, 3.05) is 13.1 Å². The van der Waals surface area contributed by atoms with E-state index < -0.39 is 10.0 Å². The van der Waals surface area contributed by atoms with Gasteiger partial charge in [0, 0.05) is 25.0 Å². The Balaban J connectivity index is 1.53. The van der Waals surface area contributed by atoms with E-state index in [9.17, 15) is 13.2 Å².